The molecule has 0 saturated heterocycles. The summed E-state index contributed by atoms with van der Waals surface area (Å²) in [5.41, 5.74) is 2.01. The molecule has 22 heavy (non-hydrogen) atoms. The number of ether oxygens (including phenoxy) is 4. The van der Waals surface area contributed by atoms with E-state index in [-0.39, 0.29) is 6.29 Å². The maximum absolute atomic E-state index is 5.52. The predicted octanol–water partition coefficient (Wildman–Crippen LogP) is 3.30. The highest BCUT2D eigenvalue weighted by molar-refractivity contribution is 6.00. The monoisotopic (exact) mass is 309 g/mol. The highest BCUT2D eigenvalue weighted by Crippen LogP contribution is 2.28. The first-order chi connectivity index (χ1) is 10.7. The van der Waals surface area contributed by atoms with E-state index in [9.17, 15) is 0 Å². The Kier molecular flexibility index (Phi) is 8.55. The summed E-state index contributed by atoms with van der Waals surface area (Å²) < 4.78 is 21.6. The fraction of sp³-hybridized carbons (Fsp3) is 0.588. The summed E-state index contributed by atoms with van der Waals surface area (Å²) in [7, 11) is 3.26. The van der Waals surface area contributed by atoms with Crippen molar-refractivity contribution in [3.05, 3.63) is 23.8 Å². The molecule has 0 aromatic heterocycles. The average molecular weight is 309 g/mol. The lowest BCUT2D eigenvalue weighted by atomic mass is 10.1. The van der Waals surface area contributed by atoms with Gasteiger partial charge < -0.3 is 18.9 Å². The smallest absolute Gasteiger partial charge is 0.176 e. The first kappa shape index (κ1) is 18.5. The van der Waals surface area contributed by atoms with E-state index >= 15 is 0 Å². The van der Waals surface area contributed by atoms with Gasteiger partial charge in [-0.15, -0.1) is 0 Å². The van der Waals surface area contributed by atoms with E-state index < -0.39 is 0 Å². The van der Waals surface area contributed by atoms with Gasteiger partial charge in [0.25, 0.3) is 0 Å². The zero-order valence-corrected chi connectivity index (χ0v) is 14.2. The van der Waals surface area contributed by atoms with Crippen LogP contribution in [0.3, 0.4) is 0 Å². The van der Waals surface area contributed by atoms with E-state index in [0.717, 1.165) is 17.7 Å². The van der Waals surface area contributed by atoms with Gasteiger partial charge in [-0.3, -0.25) is 4.99 Å². The Hall–Kier alpha value is -1.59. The summed E-state index contributed by atoms with van der Waals surface area (Å²) in [4.78, 5) is 4.65. The summed E-state index contributed by atoms with van der Waals surface area (Å²) in [6.45, 7) is 7.68. The Balaban J connectivity index is 2.92. The number of hydrogen-bond acceptors (Lipinski definition) is 5. The van der Waals surface area contributed by atoms with Crippen LogP contribution in [0.15, 0.2) is 23.2 Å². The van der Waals surface area contributed by atoms with Crippen LogP contribution >= 0.6 is 0 Å². The van der Waals surface area contributed by atoms with Crippen molar-refractivity contribution in [3.63, 3.8) is 0 Å². The van der Waals surface area contributed by atoms with Gasteiger partial charge in [-0.2, -0.15) is 0 Å². The molecule has 0 amide bonds. The van der Waals surface area contributed by atoms with Gasteiger partial charge in [0.2, 0.25) is 0 Å². The molecule has 5 nitrogen and oxygen atoms in total. The average Bonchev–Trinajstić information content (AvgIpc) is 2.55. The number of rotatable bonds is 10. The second-order valence-corrected chi connectivity index (χ2v) is 4.55. The van der Waals surface area contributed by atoms with Crippen LogP contribution in [-0.2, 0) is 9.47 Å². The minimum Gasteiger partial charge on any atom is -0.493 e. The Morgan fingerprint density at radius 3 is 2.14 bits per heavy atom. The lowest BCUT2D eigenvalue weighted by Gasteiger charge is -2.16. The van der Waals surface area contributed by atoms with Crippen molar-refractivity contribution in [1.29, 1.82) is 0 Å². The van der Waals surface area contributed by atoms with Crippen molar-refractivity contribution < 1.29 is 18.9 Å². The Bertz CT molecular complexity index is 468. The maximum Gasteiger partial charge on any atom is 0.176 e. The van der Waals surface area contributed by atoms with E-state index in [2.05, 4.69) is 11.9 Å². The lowest BCUT2D eigenvalue weighted by Crippen LogP contribution is -2.21. The molecule has 0 saturated carbocycles. The second kappa shape index (κ2) is 10.2. The molecule has 5 heteroatoms. The van der Waals surface area contributed by atoms with Crippen LogP contribution in [0, 0.1) is 0 Å². The summed E-state index contributed by atoms with van der Waals surface area (Å²) >= 11 is 0. The molecule has 0 unspecified atom stereocenters. The predicted molar refractivity (Wildman–Crippen MR) is 88.3 cm³/mol. The van der Waals surface area contributed by atoms with E-state index in [4.69, 9.17) is 18.9 Å². The number of aliphatic imine (C=N–C) groups is 1. The van der Waals surface area contributed by atoms with E-state index in [0.29, 0.717) is 31.3 Å². The van der Waals surface area contributed by atoms with E-state index in [1.54, 1.807) is 14.2 Å². The molecule has 0 heterocycles. The molecule has 0 aliphatic carbocycles. The molecule has 0 bridgehead atoms. The van der Waals surface area contributed by atoms with Crippen LogP contribution in [0.2, 0.25) is 0 Å². The first-order valence-corrected chi connectivity index (χ1v) is 7.68. The highest BCUT2D eigenvalue weighted by Gasteiger charge is 2.10. The third-order valence-electron chi connectivity index (χ3n) is 3.19. The molecule has 0 spiro atoms. The highest BCUT2D eigenvalue weighted by atomic mass is 16.7. The molecule has 0 radical (unpaired) electrons. The van der Waals surface area contributed by atoms with Crippen LogP contribution in [0.1, 0.15) is 32.8 Å². The molecule has 0 fully saturated rings. The molecule has 0 aliphatic rings. The van der Waals surface area contributed by atoms with Gasteiger partial charge in [-0.05, 0) is 44.0 Å². The summed E-state index contributed by atoms with van der Waals surface area (Å²) in [5, 5.41) is 0. The van der Waals surface area contributed by atoms with Gasteiger partial charge in [-0.1, -0.05) is 6.92 Å². The van der Waals surface area contributed by atoms with Crippen molar-refractivity contribution >= 4 is 5.71 Å². The normalized spacial score (nSPS) is 11.8. The molecule has 1 aromatic rings. The quantitative estimate of drug-likeness (QED) is 0.491. The first-order valence-electron chi connectivity index (χ1n) is 7.68. The van der Waals surface area contributed by atoms with Crippen molar-refractivity contribution in [3.8, 4) is 11.5 Å². The molecule has 1 rings (SSSR count). The fourth-order valence-corrected chi connectivity index (χ4v) is 2.13. The molecule has 0 atom stereocenters. The van der Waals surface area contributed by atoms with Crippen LogP contribution in [0.5, 0.6) is 11.5 Å². The van der Waals surface area contributed by atoms with Crippen LogP contribution in [-0.4, -0.2) is 46.0 Å². The zero-order valence-electron chi connectivity index (χ0n) is 14.2. The molecular formula is C17H27NO4. The summed E-state index contributed by atoms with van der Waals surface area (Å²) in [5.74, 6) is 1.41. The topological polar surface area (TPSA) is 49.3 Å². The number of hydrogen-bond donors (Lipinski definition) is 0. The summed E-state index contributed by atoms with van der Waals surface area (Å²) in [6.07, 6.45) is 0.525. The number of methoxy groups -OCH3 is 2. The Morgan fingerprint density at radius 1 is 1.00 bits per heavy atom. The van der Waals surface area contributed by atoms with Gasteiger partial charge in [0.15, 0.2) is 17.8 Å². The van der Waals surface area contributed by atoms with Crippen molar-refractivity contribution in [1.82, 2.24) is 0 Å². The van der Waals surface area contributed by atoms with Crippen molar-refractivity contribution in [2.24, 2.45) is 4.99 Å². The lowest BCUT2D eigenvalue weighted by molar-refractivity contribution is -0.128. The molecule has 0 N–H and O–H groups in total. The minimum absolute atomic E-state index is 0.295. The second-order valence-electron chi connectivity index (χ2n) is 4.55. The fourth-order valence-electron chi connectivity index (χ4n) is 2.13. The molecular weight excluding hydrogens is 282 g/mol. The van der Waals surface area contributed by atoms with Gasteiger partial charge in [0.1, 0.15) is 0 Å². The molecule has 0 aliphatic heterocycles. The maximum atomic E-state index is 5.52. The Morgan fingerprint density at radius 2 is 1.64 bits per heavy atom. The van der Waals surface area contributed by atoms with Gasteiger partial charge in [-0.25, -0.2) is 0 Å². The van der Waals surface area contributed by atoms with Crippen molar-refractivity contribution in [2.75, 3.05) is 34.0 Å². The number of benzene rings is 1. The van der Waals surface area contributed by atoms with Crippen LogP contribution in [0.25, 0.3) is 0 Å². The molecule has 124 valence electrons. The van der Waals surface area contributed by atoms with Gasteiger partial charge in [0.05, 0.1) is 20.8 Å². The number of nitrogens with zero attached hydrogens (tertiary/aromatic N) is 1. The van der Waals surface area contributed by atoms with Gasteiger partial charge >= 0.3 is 0 Å². The van der Waals surface area contributed by atoms with E-state index in [1.807, 2.05) is 32.0 Å². The minimum atomic E-state index is -0.295. The van der Waals surface area contributed by atoms with Crippen molar-refractivity contribution in [2.45, 2.75) is 33.5 Å². The largest absolute Gasteiger partial charge is 0.493 e. The standard InChI is InChI=1S/C17H27NO4/c1-6-14(18-12-17(21-7-2)22-8-3)13-9-10-15(19-4)16(11-13)20-5/h9-11,17H,6-8,12H2,1-5H3. The third-order valence-corrected chi connectivity index (χ3v) is 3.19. The van der Waals surface area contributed by atoms with Crippen LogP contribution in [0.4, 0.5) is 0 Å². The SMILES string of the molecule is CCOC(CN=C(CC)c1ccc(OC)c(OC)c1)OCC. The van der Waals surface area contributed by atoms with Gasteiger partial charge in [0, 0.05) is 18.9 Å². The third kappa shape index (κ3) is 5.31. The molecule has 1 aromatic carbocycles. The Labute approximate surface area is 133 Å². The van der Waals surface area contributed by atoms with E-state index in [1.165, 1.54) is 0 Å². The van der Waals surface area contributed by atoms with Crippen LogP contribution < -0.4 is 9.47 Å². The zero-order chi connectivity index (χ0) is 16.4. The summed E-state index contributed by atoms with van der Waals surface area (Å²) in [6, 6.07) is 5.82.